The average molecular weight is 434 g/mol. The third kappa shape index (κ3) is 6.10. The molecule has 0 spiro atoms. The fourth-order valence-corrected chi connectivity index (χ4v) is 4.37. The topological polar surface area (TPSA) is 62.3 Å². The molecule has 1 heterocycles. The molecule has 0 atom stereocenters. The number of rotatable bonds is 10. The van der Waals surface area contributed by atoms with Gasteiger partial charge in [0.1, 0.15) is 11.6 Å². The number of para-hydroxylation sites is 2. The molecule has 1 aromatic heterocycles. The van der Waals surface area contributed by atoms with Gasteiger partial charge in [0.15, 0.2) is 0 Å². The number of anilines is 2. The van der Waals surface area contributed by atoms with E-state index in [0.717, 1.165) is 73.3 Å². The molecule has 1 aliphatic rings. The third-order valence-corrected chi connectivity index (χ3v) is 6.13. The number of benzene rings is 2. The normalized spacial score (nSPS) is 18.4. The molecule has 0 radical (unpaired) electrons. The van der Waals surface area contributed by atoms with E-state index in [1.807, 2.05) is 56.6 Å². The van der Waals surface area contributed by atoms with Crippen LogP contribution in [0.1, 0.15) is 32.1 Å². The molecule has 6 heteroatoms. The number of hydrogen-bond acceptors (Lipinski definition) is 6. The van der Waals surface area contributed by atoms with Crippen molar-refractivity contribution in [3.63, 3.8) is 0 Å². The van der Waals surface area contributed by atoms with Gasteiger partial charge in [-0.05, 0) is 75.4 Å². The van der Waals surface area contributed by atoms with Crippen molar-refractivity contribution in [1.29, 1.82) is 0 Å². The van der Waals surface area contributed by atoms with Gasteiger partial charge in [-0.15, -0.1) is 0 Å². The van der Waals surface area contributed by atoms with Gasteiger partial charge in [-0.25, -0.2) is 4.98 Å². The van der Waals surface area contributed by atoms with Crippen molar-refractivity contribution in [3.8, 4) is 5.75 Å². The zero-order valence-electron chi connectivity index (χ0n) is 19.3. The highest BCUT2D eigenvalue weighted by Gasteiger charge is 2.22. The fraction of sp³-hybridized carbons (Fsp3) is 0.462. The molecule has 4 rings (SSSR count). The first-order chi connectivity index (χ1) is 15.7. The second kappa shape index (κ2) is 11.1. The summed E-state index contributed by atoms with van der Waals surface area (Å²) in [7, 11) is 4.06. The Morgan fingerprint density at radius 1 is 0.938 bits per heavy atom. The van der Waals surface area contributed by atoms with Crippen molar-refractivity contribution in [1.82, 2.24) is 15.3 Å². The largest absolute Gasteiger partial charge is 0.494 e. The van der Waals surface area contributed by atoms with Gasteiger partial charge >= 0.3 is 0 Å². The van der Waals surface area contributed by atoms with Crippen LogP contribution < -0.4 is 20.3 Å². The summed E-state index contributed by atoms with van der Waals surface area (Å²) < 4.78 is 5.76. The first kappa shape index (κ1) is 22.3. The molecule has 0 saturated heterocycles. The SMILES string of the molecule is CN(C)c1nc(NC2CCC(CNCCCOc3ccccc3)CC2)nc2ccccc12. The smallest absolute Gasteiger partial charge is 0.225 e. The lowest BCUT2D eigenvalue weighted by atomic mass is 9.86. The Hall–Kier alpha value is -2.86. The summed E-state index contributed by atoms with van der Waals surface area (Å²) in [6, 6.07) is 18.7. The first-order valence-electron chi connectivity index (χ1n) is 11.8. The second-order valence-corrected chi connectivity index (χ2v) is 8.86. The maximum absolute atomic E-state index is 5.76. The number of ether oxygens (including phenoxy) is 1. The van der Waals surface area contributed by atoms with E-state index in [1.54, 1.807) is 0 Å². The van der Waals surface area contributed by atoms with Crippen LogP contribution in [0, 0.1) is 5.92 Å². The van der Waals surface area contributed by atoms with Gasteiger partial charge in [-0.3, -0.25) is 0 Å². The molecule has 2 N–H and O–H groups in total. The molecule has 0 unspecified atom stereocenters. The van der Waals surface area contributed by atoms with Crippen LogP contribution in [0.2, 0.25) is 0 Å². The summed E-state index contributed by atoms with van der Waals surface area (Å²) in [5.41, 5.74) is 0.989. The van der Waals surface area contributed by atoms with Crippen LogP contribution in [-0.4, -0.2) is 49.8 Å². The summed E-state index contributed by atoms with van der Waals surface area (Å²) >= 11 is 0. The monoisotopic (exact) mass is 433 g/mol. The molecule has 3 aromatic rings. The van der Waals surface area contributed by atoms with Crippen molar-refractivity contribution in [2.24, 2.45) is 5.92 Å². The van der Waals surface area contributed by atoms with E-state index in [0.29, 0.717) is 6.04 Å². The molecule has 6 nitrogen and oxygen atoms in total. The van der Waals surface area contributed by atoms with Gasteiger partial charge < -0.3 is 20.3 Å². The maximum Gasteiger partial charge on any atom is 0.225 e. The van der Waals surface area contributed by atoms with Crippen LogP contribution in [0.3, 0.4) is 0 Å². The van der Waals surface area contributed by atoms with Gasteiger partial charge in [0.05, 0.1) is 12.1 Å². The van der Waals surface area contributed by atoms with Crippen LogP contribution in [0.4, 0.5) is 11.8 Å². The zero-order valence-corrected chi connectivity index (χ0v) is 19.3. The van der Waals surface area contributed by atoms with Gasteiger partial charge in [0.25, 0.3) is 0 Å². The van der Waals surface area contributed by atoms with Gasteiger partial charge in [-0.1, -0.05) is 30.3 Å². The minimum Gasteiger partial charge on any atom is -0.494 e. The number of aromatic nitrogens is 2. The van der Waals surface area contributed by atoms with Crippen molar-refractivity contribution < 1.29 is 4.74 Å². The number of nitrogens with one attached hydrogen (secondary N) is 2. The maximum atomic E-state index is 5.76. The van der Waals surface area contributed by atoms with Crippen LogP contribution in [0.25, 0.3) is 10.9 Å². The molecule has 2 aromatic carbocycles. The molecule has 1 aliphatic carbocycles. The highest BCUT2D eigenvalue weighted by molar-refractivity contribution is 5.90. The molecule has 32 heavy (non-hydrogen) atoms. The molecule has 1 saturated carbocycles. The Labute approximate surface area is 191 Å². The summed E-state index contributed by atoms with van der Waals surface area (Å²) in [6.07, 6.45) is 5.83. The van der Waals surface area contributed by atoms with E-state index in [9.17, 15) is 0 Å². The van der Waals surface area contributed by atoms with E-state index in [4.69, 9.17) is 14.7 Å². The Balaban J connectivity index is 1.17. The standard InChI is InChI=1S/C26H35N5O/c1-31(2)25-23-11-6-7-12-24(23)29-26(30-25)28-21-15-13-20(14-16-21)19-27-17-8-18-32-22-9-4-3-5-10-22/h3-7,9-12,20-21,27H,8,13-19H2,1-2H3,(H,28,29,30). The Kier molecular flexibility index (Phi) is 7.77. The van der Waals surface area contributed by atoms with Crippen molar-refractivity contribution in [2.45, 2.75) is 38.1 Å². The van der Waals surface area contributed by atoms with Crippen LogP contribution in [-0.2, 0) is 0 Å². The minimum absolute atomic E-state index is 0.446. The highest BCUT2D eigenvalue weighted by atomic mass is 16.5. The fourth-order valence-electron chi connectivity index (χ4n) is 4.37. The van der Waals surface area contributed by atoms with E-state index in [1.165, 1.54) is 12.8 Å². The Bertz CT molecular complexity index is 970. The van der Waals surface area contributed by atoms with Crippen molar-refractivity contribution in [3.05, 3.63) is 54.6 Å². The first-order valence-corrected chi connectivity index (χ1v) is 11.8. The minimum atomic E-state index is 0.446. The summed E-state index contributed by atoms with van der Waals surface area (Å²) in [6.45, 7) is 2.85. The Morgan fingerprint density at radius 3 is 2.47 bits per heavy atom. The lowest BCUT2D eigenvalue weighted by Gasteiger charge is -2.29. The van der Waals surface area contributed by atoms with Gasteiger partial charge in [0, 0.05) is 25.5 Å². The Morgan fingerprint density at radius 2 is 1.69 bits per heavy atom. The zero-order chi connectivity index (χ0) is 22.2. The van der Waals surface area contributed by atoms with E-state index in [-0.39, 0.29) is 0 Å². The summed E-state index contributed by atoms with van der Waals surface area (Å²) in [5, 5.41) is 8.31. The molecular weight excluding hydrogens is 398 g/mol. The molecular formula is C26H35N5O. The predicted molar refractivity (Wildman–Crippen MR) is 133 cm³/mol. The highest BCUT2D eigenvalue weighted by Crippen LogP contribution is 2.28. The van der Waals surface area contributed by atoms with E-state index >= 15 is 0 Å². The lowest BCUT2D eigenvalue weighted by Crippen LogP contribution is -2.32. The van der Waals surface area contributed by atoms with E-state index < -0.39 is 0 Å². The van der Waals surface area contributed by atoms with E-state index in [2.05, 4.69) is 27.7 Å². The lowest BCUT2D eigenvalue weighted by molar-refractivity contribution is 0.295. The predicted octanol–water partition coefficient (Wildman–Crippen LogP) is 4.73. The molecule has 1 fully saturated rings. The average Bonchev–Trinajstić information content (AvgIpc) is 2.82. The van der Waals surface area contributed by atoms with Crippen molar-refractivity contribution in [2.75, 3.05) is 44.0 Å². The number of nitrogens with zero attached hydrogens (tertiary/aromatic N) is 3. The molecule has 0 amide bonds. The summed E-state index contributed by atoms with van der Waals surface area (Å²) in [4.78, 5) is 11.6. The molecule has 0 bridgehead atoms. The van der Waals surface area contributed by atoms with Crippen LogP contribution in [0.15, 0.2) is 54.6 Å². The van der Waals surface area contributed by atoms with Crippen molar-refractivity contribution >= 4 is 22.7 Å². The number of fused-ring (bicyclic) bond motifs is 1. The summed E-state index contributed by atoms with van der Waals surface area (Å²) in [5.74, 6) is 3.41. The second-order valence-electron chi connectivity index (χ2n) is 8.86. The molecule has 0 aliphatic heterocycles. The van der Waals surface area contributed by atoms with Gasteiger partial charge in [-0.2, -0.15) is 4.98 Å². The number of hydrogen-bond donors (Lipinski definition) is 2. The van der Waals surface area contributed by atoms with Gasteiger partial charge in [0.2, 0.25) is 5.95 Å². The quantitative estimate of drug-likeness (QED) is 0.451. The van der Waals surface area contributed by atoms with Crippen LogP contribution in [0.5, 0.6) is 5.75 Å². The molecule has 170 valence electrons. The third-order valence-electron chi connectivity index (χ3n) is 6.13. The van der Waals surface area contributed by atoms with Crippen LogP contribution >= 0.6 is 0 Å².